The molecule has 0 aliphatic carbocycles. The smallest absolute Gasteiger partial charge is 0.276 e. The Morgan fingerprint density at radius 2 is 1.43 bits per heavy atom. The van der Waals surface area contributed by atoms with E-state index in [0.717, 1.165) is 22.3 Å². The number of benzene rings is 2. The zero-order chi connectivity index (χ0) is 22.3. The van der Waals surface area contributed by atoms with Crippen LogP contribution < -0.4 is 20.3 Å². The van der Waals surface area contributed by atoms with Gasteiger partial charge in [-0.25, -0.2) is 13.1 Å². The Kier molecular flexibility index (Phi) is 7.96. The Morgan fingerprint density at radius 3 is 2.07 bits per heavy atom. The Bertz CT molecular complexity index is 1030. The van der Waals surface area contributed by atoms with Crippen molar-refractivity contribution >= 4 is 21.8 Å². The molecule has 2 rings (SSSR count). The van der Waals surface area contributed by atoms with Crippen LogP contribution in [0.2, 0.25) is 0 Å². The number of rotatable bonds is 8. The largest absolute Gasteiger partial charge is 0.484 e. The topological polar surface area (TPSA) is 114 Å². The molecule has 30 heavy (non-hydrogen) atoms. The average molecular weight is 434 g/mol. The number of amides is 2. The molecule has 0 unspecified atom stereocenters. The zero-order valence-corrected chi connectivity index (χ0v) is 18.4. The summed E-state index contributed by atoms with van der Waals surface area (Å²) in [7, 11) is -3.71. The Hall–Kier alpha value is -2.91. The molecular weight excluding hydrogens is 406 g/mol. The maximum atomic E-state index is 12.3. The molecule has 2 aromatic carbocycles. The van der Waals surface area contributed by atoms with Crippen molar-refractivity contribution < 1.29 is 22.7 Å². The molecule has 0 aliphatic heterocycles. The van der Waals surface area contributed by atoms with E-state index in [9.17, 15) is 18.0 Å². The molecule has 3 N–H and O–H groups in total. The van der Waals surface area contributed by atoms with Crippen LogP contribution in [0.5, 0.6) is 5.75 Å². The van der Waals surface area contributed by atoms with Gasteiger partial charge in [-0.1, -0.05) is 12.1 Å². The first-order chi connectivity index (χ1) is 14.1. The second-order valence-electron chi connectivity index (χ2n) is 7.02. The van der Waals surface area contributed by atoms with Crippen molar-refractivity contribution in [3.8, 4) is 5.75 Å². The van der Waals surface area contributed by atoms with E-state index in [1.54, 1.807) is 18.2 Å². The van der Waals surface area contributed by atoms with Gasteiger partial charge < -0.3 is 4.74 Å². The second-order valence-corrected chi connectivity index (χ2v) is 8.79. The molecular formula is C21H27N3O5S. The molecule has 0 saturated heterocycles. The fourth-order valence-corrected chi connectivity index (χ4v) is 3.57. The molecule has 2 aromatic rings. The van der Waals surface area contributed by atoms with Gasteiger partial charge in [-0.2, -0.15) is 0 Å². The van der Waals surface area contributed by atoms with Crippen molar-refractivity contribution in [3.63, 3.8) is 0 Å². The number of ether oxygens (including phenoxy) is 1. The normalized spacial score (nSPS) is 11.1. The Labute approximate surface area is 177 Å². The number of nitrogens with one attached hydrogen (secondary N) is 3. The van der Waals surface area contributed by atoms with Gasteiger partial charge >= 0.3 is 0 Å². The van der Waals surface area contributed by atoms with E-state index >= 15 is 0 Å². The van der Waals surface area contributed by atoms with Crippen LogP contribution in [0.15, 0.2) is 41.3 Å². The van der Waals surface area contributed by atoms with Gasteiger partial charge in [-0.15, -0.1) is 0 Å². The zero-order valence-electron chi connectivity index (χ0n) is 17.5. The van der Waals surface area contributed by atoms with Crippen molar-refractivity contribution in [3.05, 3.63) is 58.7 Å². The monoisotopic (exact) mass is 433 g/mol. The van der Waals surface area contributed by atoms with E-state index in [1.165, 1.54) is 6.07 Å². The lowest BCUT2D eigenvalue weighted by molar-refractivity contribution is -0.129. The predicted octanol–water partition coefficient (Wildman–Crippen LogP) is 1.82. The standard InChI is InChI=1S/C21H27N3O5S/c1-14-5-7-18(11-16(14)3)29-13-21(26)24-23-20(25)9-10-22-30(27,28)19-8-6-15(2)17(4)12-19/h5-8,11-12,22H,9-10,13H2,1-4H3,(H,23,25)(H,24,26). The van der Waals surface area contributed by atoms with Crippen molar-refractivity contribution in [1.82, 2.24) is 15.6 Å². The van der Waals surface area contributed by atoms with Crippen molar-refractivity contribution in [2.75, 3.05) is 13.2 Å². The van der Waals surface area contributed by atoms with Crippen LogP contribution in [0.4, 0.5) is 0 Å². The fourth-order valence-electron chi connectivity index (χ4n) is 2.45. The van der Waals surface area contributed by atoms with Crippen molar-refractivity contribution in [1.29, 1.82) is 0 Å². The minimum absolute atomic E-state index is 0.101. The molecule has 9 heteroatoms. The summed E-state index contributed by atoms with van der Waals surface area (Å²) >= 11 is 0. The highest BCUT2D eigenvalue weighted by Gasteiger charge is 2.15. The molecule has 8 nitrogen and oxygen atoms in total. The minimum Gasteiger partial charge on any atom is -0.484 e. The van der Waals surface area contributed by atoms with Crippen LogP contribution in [0, 0.1) is 27.7 Å². The number of carbonyl (C=O) groups excluding carboxylic acids is 2. The van der Waals surface area contributed by atoms with E-state index in [0.29, 0.717) is 5.75 Å². The van der Waals surface area contributed by atoms with Crippen molar-refractivity contribution in [2.24, 2.45) is 0 Å². The van der Waals surface area contributed by atoms with Gasteiger partial charge in [0, 0.05) is 13.0 Å². The second kappa shape index (κ2) is 10.2. The van der Waals surface area contributed by atoms with Crippen LogP contribution in [-0.4, -0.2) is 33.4 Å². The molecule has 0 saturated carbocycles. The maximum Gasteiger partial charge on any atom is 0.276 e. The van der Waals surface area contributed by atoms with Gasteiger partial charge in [0.1, 0.15) is 5.75 Å². The van der Waals surface area contributed by atoms with Crippen LogP contribution in [0.1, 0.15) is 28.7 Å². The number of hydrogen-bond donors (Lipinski definition) is 3. The summed E-state index contributed by atoms with van der Waals surface area (Å²) in [6, 6.07) is 10.3. The van der Waals surface area contributed by atoms with Crippen LogP contribution in [-0.2, 0) is 19.6 Å². The highest BCUT2D eigenvalue weighted by Crippen LogP contribution is 2.16. The molecule has 0 radical (unpaired) electrons. The van der Waals surface area contributed by atoms with E-state index in [4.69, 9.17) is 4.74 Å². The van der Waals surface area contributed by atoms with Gasteiger partial charge in [-0.05, 0) is 74.2 Å². The molecule has 162 valence electrons. The average Bonchev–Trinajstić information content (AvgIpc) is 2.69. The van der Waals surface area contributed by atoms with E-state index in [1.807, 2.05) is 39.8 Å². The molecule has 0 bridgehead atoms. The highest BCUT2D eigenvalue weighted by molar-refractivity contribution is 7.89. The minimum atomic E-state index is -3.71. The first kappa shape index (κ1) is 23.4. The molecule has 0 spiro atoms. The lowest BCUT2D eigenvalue weighted by Gasteiger charge is -2.11. The van der Waals surface area contributed by atoms with Gasteiger partial charge in [0.05, 0.1) is 4.90 Å². The molecule has 0 aromatic heterocycles. The lowest BCUT2D eigenvalue weighted by atomic mass is 10.1. The summed E-state index contributed by atoms with van der Waals surface area (Å²) in [5.41, 5.74) is 8.48. The number of hydrogen-bond acceptors (Lipinski definition) is 5. The number of sulfonamides is 1. The van der Waals surface area contributed by atoms with E-state index in [-0.39, 0.29) is 24.5 Å². The van der Waals surface area contributed by atoms with E-state index in [2.05, 4.69) is 15.6 Å². The first-order valence-corrected chi connectivity index (χ1v) is 10.9. The van der Waals surface area contributed by atoms with Crippen LogP contribution in [0.25, 0.3) is 0 Å². The quantitative estimate of drug-likeness (QED) is 0.550. The van der Waals surface area contributed by atoms with Gasteiger partial charge in [0.25, 0.3) is 5.91 Å². The highest BCUT2D eigenvalue weighted by atomic mass is 32.2. The molecule has 0 aliphatic rings. The fraction of sp³-hybridized carbons (Fsp3) is 0.333. The summed E-state index contributed by atoms with van der Waals surface area (Å²) in [4.78, 5) is 23.8. The third kappa shape index (κ3) is 6.85. The van der Waals surface area contributed by atoms with Gasteiger partial charge in [-0.3, -0.25) is 20.4 Å². The SMILES string of the molecule is Cc1ccc(OCC(=O)NNC(=O)CCNS(=O)(=O)c2ccc(C)c(C)c2)cc1C. The van der Waals surface area contributed by atoms with E-state index < -0.39 is 21.8 Å². The third-order valence-electron chi connectivity index (χ3n) is 4.62. The molecule has 0 atom stereocenters. The molecule has 0 heterocycles. The summed E-state index contributed by atoms with van der Waals surface area (Å²) in [5, 5.41) is 0. The summed E-state index contributed by atoms with van der Waals surface area (Å²) in [6.07, 6.45) is -0.137. The van der Waals surface area contributed by atoms with Crippen molar-refractivity contribution in [2.45, 2.75) is 39.0 Å². The summed E-state index contributed by atoms with van der Waals surface area (Å²) in [5.74, 6) is -0.505. The van der Waals surface area contributed by atoms with Gasteiger partial charge in [0.2, 0.25) is 15.9 Å². The Balaban J connectivity index is 1.71. The number of hydrazine groups is 1. The predicted molar refractivity (Wildman–Crippen MR) is 113 cm³/mol. The lowest BCUT2D eigenvalue weighted by Crippen LogP contribution is -2.44. The number of aryl methyl sites for hydroxylation is 4. The first-order valence-electron chi connectivity index (χ1n) is 9.43. The van der Waals surface area contributed by atoms with Crippen LogP contribution >= 0.6 is 0 Å². The summed E-state index contributed by atoms with van der Waals surface area (Å²) in [6.45, 7) is 7.27. The summed E-state index contributed by atoms with van der Waals surface area (Å²) < 4.78 is 32.3. The molecule has 0 fully saturated rings. The number of carbonyl (C=O) groups is 2. The molecule has 2 amide bonds. The maximum absolute atomic E-state index is 12.3. The third-order valence-corrected chi connectivity index (χ3v) is 6.08. The van der Waals surface area contributed by atoms with Crippen LogP contribution in [0.3, 0.4) is 0 Å². The van der Waals surface area contributed by atoms with Gasteiger partial charge in [0.15, 0.2) is 6.61 Å². The Morgan fingerprint density at radius 1 is 0.833 bits per heavy atom.